The highest BCUT2D eigenvalue weighted by molar-refractivity contribution is 5.85. The normalized spacial score (nSPS) is 18.3. The minimum atomic E-state index is -1.02. The number of anilines is 2. The van der Waals surface area contributed by atoms with E-state index in [0.29, 0.717) is 25.3 Å². The molecule has 2 aliphatic rings. The van der Waals surface area contributed by atoms with E-state index in [1.54, 1.807) is 12.3 Å². The number of hydrogen-bond acceptors (Lipinski definition) is 5. The molecule has 0 unspecified atom stereocenters. The second-order valence-electron chi connectivity index (χ2n) is 7.84. The van der Waals surface area contributed by atoms with Crippen LogP contribution in [0.15, 0.2) is 24.4 Å². The van der Waals surface area contributed by atoms with Crippen molar-refractivity contribution in [1.29, 1.82) is 0 Å². The lowest BCUT2D eigenvalue weighted by molar-refractivity contribution is 0.0690. The Morgan fingerprint density at radius 1 is 1.19 bits per heavy atom. The quantitative estimate of drug-likeness (QED) is 0.853. The summed E-state index contributed by atoms with van der Waals surface area (Å²) in [6.45, 7) is 7.38. The molecule has 136 valence electrons. The van der Waals surface area contributed by atoms with Crippen molar-refractivity contribution in [2.75, 3.05) is 29.4 Å². The van der Waals surface area contributed by atoms with Gasteiger partial charge in [-0.2, -0.15) is 4.39 Å². The fourth-order valence-electron chi connectivity index (χ4n) is 3.74. The smallest absolute Gasteiger partial charge is 0.354 e. The Bertz CT molecular complexity index is 876. The first-order chi connectivity index (χ1) is 12.3. The van der Waals surface area contributed by atoms with Crippen LogP contribution in [-0.4, -0.2) is 40.7 Å². The van der Waals surface area contributed by atoms with Crippen molar-refractivity contribution in [2.45, 2.75) is 26.8 Å². The van der Waals surface area contributed by atoms with Crippen LogP contribution in [0, 0.1) is 11.4 Å². The molecular weight excluding hydrogens is 335 g/mol. The molecule has 0 radical (unpaired) electrons. The van der Waals surface area contributed by atoms with E-state index in [0.717, 1.165) is 29.9 Å². The first-order valence-electron chi connectivity index (χ1n) is 8.69. The number of fused-ring (bicyclic) bond motifs is 1. The van der Waals surface area contributed by atoms with Crippen LogP contribution in [0.25, 0.3) is 0 Å². The van der Waals surface area contributed by atoms with Gasteiger partial charge in [-0.15, -0.1) is 0 Å². The van der Waals surface area contributed by atoms with Crippen molar-refractivity contribution >= 4 is 17.5 Å². The number of aromatic carboxylic acids is 1. The number of nitrogens with zero attached hydrogens (tertiary/aromatic N) is 4. The van der Waals surface area contributed by atoms with Crippen LogP contribution in [0.3, 0.4) is 0 Å². The summed E-state index contributed by atoms with van der Waals surface area (Å²) >= 11 is 0. The van der Waals surface area contributed by atoms with E-state index in [1.165, 1.54) is 6.07 Å². The van der Waals surface area contributed by atoms with Crippen LogP contribution >= 0.6 is 0 Å². The highest BCUT2D eigenvalue weighted by atomic mass is 19.1. The standard InChI is InChI=1S/C19H21FN4O2/c1-19(2)10-24(11-19)17-7-14(6-16(20)22-17)23-4-3-12-5-15(18(25)26)21-8-13(12)9-23/h5-8H,3-4,9-11H2,1-2H3,(H,25,26). The van der Waals surface area contributed by atoms with Gasteiger partial charge >= 0.3 is 5.97 Å². The van der Waals surface area contributed by atoms with Gasteiger partial charge in [-0.1, -0.05) is 13.8 Å². The zero-order valence-corrected chi connectivity index (χ0v) is 14.9. The number of carboxylic acids is 1. The van der Waals surface area contributed by atoms with Crippen molar-refractivity contribution in [1.82, 2.24) is 9.97 Å². The van der Waals surface area contributed by atoms with Gasteiger partial charge in [0, 0.05) is 50.2 Å². The molecule has 2 aliphatic heterocycles. The average Bonchev–Trinajstić information content (AvgIpc) is 2.58. The molecule has 6 nitrogen and oxygen atoms in total. The zero-order valence-electron chi connectivity index (χ0n) is 14.9. The van der Waals surface area contributed by atoms with Gasteiger partial charge < -0.3 is 14.9 Å². The number of hydrogen-bond donors (Lipinski definition) is 1. The van der Waals surface area contributed by atoms with Crippen molar-refractivity contribution in [3.05, 3.63) is 47.2 Å². The van der Waals surface area contributed by atoms with E-state index in [1.807, 2.05) is 6.07 Å². The van der Waals surface area contributed by atoms with Crippen LogP contribution < -0.4 is 9.80 Å². The lowest BCUT2D eigenvalue weighted by Crippen LogP contribution is -2.53. The molecule has 7 heteroatoms. The zero-order chi connectivity index (χ0) is 18.5. The van der Waals surface area contributed by atoms with Gasteiger partial charge in [-0.3, -0.25) is 0 Å². The van der Waals surface area contributed by atoms with Gasteiger partial charge in [0.15, 0.2) is 0 Å². The predicted molar refractivity (Wildman–Crippen MR) is 96.1 cm³/mol. The minimum Gasteiger partial charge on any atom is -0.477 e. The molecule has 1 fully saturated rings. The van der Waals surface area contributed by atoms with Crippen molar-refractivity contribution < 1.29 is 14.3 Å². The van der Waals surface area contributed by atoms with Crippen LogP contribution in [-0.2, 0) is 13.0 Å². The van der Waals surface area contributed by atoms with Gasteiger partial charge in [0.25, 0.3) is 0 Å². The monoisotopic (exact) mass is 356 g/mol. The summed E-state index contributed by atoms with van der Waals surface area (Å²) in [7, 11) is 0. The molecule has 4 heterocycles. The summed E-state index contributed by atoms with van der Waals surface area (Å²) in [5, 5.41) is 9.07. The fourth-order valence-corrected chi connectivity index (χ4v) is 3.74. The number of pyridine rings is 2. The topological polar surface area (TPSA) is 69.6 Å². The minimum absolute atomic E-state index is 0.0647. The molecular formula is C19H21FN4O2. The van der Waals surface area contributed by atoms with Gasteiger partial charge in [-0.05, 0) is 29.0 Å². The van der Waals surface area contributed by atoms with Crippen molar-refractivity contribution in [2.24, 2.45) is 5.41 Å². The first kappa shape index (κ1) is 16.8. The Morgan fingerprint density at radius 2 is 1.96 bits per heavy atom. The lowest BCUT2D eigenvalue weighted by atomic mass is 9.84. The van der Waals surface area contributed by atoms with Gasteiger partial charge in [0.1, 0.15) is 11.5 Å². The molecule has 0 atom stereocenters. The SMILES string of the molecule is CC1(C)CN(c2cc(N3CCc4cc(C(=O)O)ncc4C3)cc(F)n2)C1. The molecule has 0 bridgehead atoms. The van der Waals surface area contributed by atoms with Crippen LogP contribution in [0.4, 0.5) is 15.9 Å². The highest BCUT2D eigenvalue weighted by Crippen LogP contribution is 2.35. The first-order valence-corrected chi connectivity index (χ1v) is 8.69. The number of halogens is 1. The number of carbonyl (C=O) groups is 1. The second kappa shape index (κ2) is 5.93. The molecule has 0 aliphatic carbocycles. The van der Waals surface area contributed by atoms with E-state index < -0.39 is 11.9 Å². The maximum Gasteiger partial charge on any atom is 0.354 e. The summed E-state index contributed by atoms with van der Waals surface area (Å²) in [5.74, 6) is -0.828. The van der Waals surface area contributed by atoms with Crippen molar-refractivity contribution in [3.8, 4) is 0 Å². The van der Waals surface area contributed by atoms with E-state index in [2.05, 4.69) is 33.6 Å². The third-order valence-corrected chi connectivity index (χ3v) is 5.01. The molecule has 0 aromatic carbocycles. The largest absolute Gasteiger partial charge is 0.477 e. The summed E-state index contributed by atoms with van der Waals surface area (Å²) in [4.78, 5) is 23.3. The molecule has 0 spiro atoms. The van der Waals surface area contributed by atoms with Crippen LogP contribution in [0.2, 0.25) is 0 Å². The maximum atomic E-state index is 14.1. The van der Waals surface area contributed by atoms with E-state index >= 15 is 0 Å². The number of rotatable bonds is 3. The third-order valence-electron chi connectivity index (χ3n) is 5.01. The van der Waals surface area contributed by atoms with Crippen LogP contribution in [0.1, 0.15) is 35.5 Å². The molecule has 0 amide bonds. The molecule has 1 N–H and O–H groups in total. The van der Waals surface area contributed by atoms with E-state index in [9.17, 15) is 9.18 Å². The molecule has 2 aromatic heterocycles. The lowest BCUT2D eigenvalue weighted by Gasteiger charge is -2.46. The van der Waals surface area contributed by atoms with Gasteiger partial charge in [0.2, 0.25) is 5.95 Å². The Hall–Kier alpha value is -2.70. The molecule has 26 heavy (non-hydrogen) atoms. The Morgan fingerprint density at radius 3 is 2.65 bits per heavy atom. The Labute approximate surface area is 151 Å². The van der Waals surface area contributed by atoms with E-state index in [4.69, 9.17) is 5.11 Å². The number of aromatic nitrogens is 2. The predicted octanol–water partition coefficient (Wildman–Crippen LogP) is 2.72. The summed E-state index contributed by atoms with van der Waals surface area (Å²) in [6.07, 6.45) is 2.31. The number of carboxylic acid groups (broad SMARTS) is 1. The maximum absolute atomic E-state index is 14.1. The molecule has 0 saturated carbocycles. The van der Waals surface area contributed by atoms with Crippen molar-refractivity contribution in [3.63, 3.8) is 0 Å². The molecule has 4 rings (SSSR count). The highest BCUT2D eigenvalue weighted by Gasteiger charge is 2.35. The van der Waals surface area contributed by atoms with Gasteiger partial charge in [0.05, 0.1) is 0 Å². The van der Waals surface area contributed by atoms with E-state index in [-0.39, 0.29) is 11.1 Å². The fraction of sp³-hybridized carbons (Fsp3) is 0.421. The molecule has 1 saturated heterocycles. The Kier molecular flexibility index (Phi) is 3.82. The summed E-state index contributed by atoms with van der Waals surface area (Å²) in [6, 6.07) is 5.02. The summed E-state index contributed by atoms with van der Waals surface area (Å²) < 4.78 is 14.1. The summed E-state index contributed by atoms with van der Waals surface area (Å²) in [5.41, 5.74) is 3.07. The van der Waals surface area contributed by atoms with Crippen LogP contribution in [0.5, 0.6) is 0 Å². The second-order valence-corrected chi connectivity index (χ2v) is 7.84. The average molecular weight is 356 g/mol. The third kappa shape index (κ3) is 3.09. The van der Waals surface area contributed by atoms with Gasteiger partial charge in [-0.25, -0.2) is 14.8 Å². The molecule has 2 aromatic rings. The Balaban J connectivity index is 1.57.